The SMILES string of the molecule is CC[C@@H](C)NC(=O)[C@@H](Cc1ccccc1)N(Cc1cccc(Br)c1)C(=O)CCCN(c1ccc2c(c1)OCCO2)S(C)(=O)=O. The monoisotopic (exact) mass is 685 g/mol. The van der Waals surface area contributed by atoms with E-state index >= 15 is 0 Å². The van der Waals surface area contributed by atoms with Crippen molar-refractivity contribution in [2.24, 2.45) is 0 Å². The Morgan fingerprint density at radius 2 is 1.66 bits per heavy atom. The molecule has 3 aromatic rings. The summed E-state index contributed by atoms with van der Waals surface area (Å²) in [5.41, 5.74) is 2.24. The van der Waals surface area contributed by atoms with Gasteiger partial charge in [0.1, 0.15) is 19.3 Å². The van der Waals surface area contributed by atoms with Crippen LogP contribution in [0.1, 0.15) is 44.2 Å². The fraction of sp³-hybridized carbons (Fsp3) is 0.394. The lowest BCUT2D eigenvalue weighted by Crippen LogP contribution is -2.52. The van der Waals surface area contributed by atoms with Gasteiger partial charge in [-0.2, -0.15) is 0 Å². The van der Waals surface area contributed by atoms with Crippen molar-refractivity contribution in [3.63, 3.8) is 0 Å². The van der Waals surface area contributed by atoms with Crippen LogP contribution < -0.4 is 19.1 Å². The Labute approximate surface area is 268 Å². The van der Waals surface area contributed by atoms with Gasteiger partial charge in [0.25, 0.3) is 0 Å². The number of hydrogen-bond acceptors (Lipinski definition) is 6. The van der Waals surface area contributed by atoms with Crippen LogP contribution in [0.15, 0.2) is 77.3 Å². The molecule has 0 bridgehead atoms. The van der Waals surface area contributed by atoms with Crippen LogP contribution in [-0.2, 0) is 32.6 Å². The number of benzene rings is 3. The van der Waals surface area contributed by atoms with Crippen LogP contribution in [0, 0.1) is 0 Å². The molecule has 0 fully saturated rings. The predicted molar refractivity (Wildman–Crippen MR) is 175 cm³/mol. The molecule has 1 N–H and O–H groups in total. The Balaban J connectivity index is 1.58. The van der Waals surface area contributed by atoms with Crippen molar-refractivity contribution in [3.05, 3.63) is 88.4 Å². The van der Waals surface area contributed by atoms with Crippen LogP contribution in [0.25, 0.3) is 0 Å². The van der Waals surface area contributed by atoms with Gasteiger partial charge in [-0.05, 0) is 55.2 Å². The summed E-state index contributed by atoms with van der Waals surface area (Å²) in [6.07, 6.45) is 2.53. The van der Waals surface area contributed by atoms with E-state index in [1.807, 2.05) is 68.4 Å². The van der Waals surface area contributed by atoms with Crippen LogP contribution in [0.5, 0.6) is 11.5 Å². The third-order valence-corrected chi connectivity index (χ3v) is 9.17. The molecule has 1 heterocycles. The summed E-state index contributed by atoms with van der Waals surface area (Å²) in [5, 5.41) is 3.07. The van der Waals surface area contributed by atoms with Crippen molar-refractivity contribution in [2.45, 2.75) is 58.2 Å². The maximum atomic E-state index is 14.0. The summed E-state index contributed by atoms with van der Waals surface area (Å²) in [7, 11) is -3.66. The highest BCUT2D eigenvalue weighted by atomic mass is 79.9. The highest BCUT2D eigenvalue weighted by Gasteiger charge is 2.31. The standard InChI is InChI=1S/C33H40BrN3O6S/c1-4-24(2)35-33(39)29(21-25-10-6-5-7-11-25)36(23-26-12-8-13-27(34)20-26)32(38)14-9-17-37(44(3,40)41)28-15-16-30-31(22-28)43-19-18-42-30/h5-8,10-13,15-16,20,22,24,29H,4,9,14,17-19,21,23H2,1-3H3,(H,35,39)/t24-,29-/m1/s1. The topological polar surface area (TPSA) is 105 Å². The number of ether oxygens (including phenoxy) is 2. The minimum Gasteiger partial charge on any atom is -0.486 e. The molecule has 44 heavy (non-hydrogen) atoms. The van der Waals surface area contributed by atoms with Gasteiger partial charge in [0.05, 0.1) is 11.9 Å². The van der Waals surface area contributed by atoms with E-state index in [0.717, 1.165) is 28.3 Å². The second kappa shape index (κ2) is 15.4. The fourth-order valence-corrected chi connectivity index (χ4v) is 6.42. The van der Waals surface area contributed by atoms with Gasteiger partial charge in [-0.15, -0.1) is 0 Å². The Morgan fingerprint density at radius 1 is 0.955 bits per heavy atom. The Kier molecular flexibility index (Phi) is 11.7. The third kappa shape index (κ3) is 9.22. The van der Waals surface area contributed by atoms with E-state index in [1.54, 1.807) is 23.1 Å². The highest BCUT2D eigenvalue weighted by Crippen LogP contribution is 2.35. The van der Waals surface area contributed by atoms with E-state index in [0.29, 0.717) is 36.8 Å². The molecule has 236 valence electrons. The number of rotatable bonds is 14. The smallest absolute Gasteiger partial charge is 0.243 e. The predicted octanol–water partition coefficient (Wildman–Crippen LogP) is 5.32. The zero-order chi connectivity index (χ0) is 31.7. The average molecular weight is 687 g/mol. The van der Waals surface area contributed by atoms with Gasteiger partial charge >= 0.3 is 0 Å². The van der Waals surface area contributed by atoms with E-state index in [2.05, 4.69) is 21.2 Å². The lowest BCUT2D eigenvalue weighted by atomic mass is 10.0. The molecule has 0 saturated carbocycles. The number of carbonyl (C=O) groups excluding carboxylic acids is 2. The number of anilines is 1. The van der Waals surface area contributed by atoms with Gasteiger partial charge in [0, 0.05) is 42.5 Å². The van der Waals surface area contributed by atoms with Crippen LogP contribution in [0.2, 0.25) is 0 Å². The van der Waals surface area contributed by atoms with E-state index < -0.39 is 16.1 Å². The van der Waals surface area contributed by atoms with Gasteiger partial charge in [0.2, 0.25) is 21.8 Å². The number of halogens is 1. The Hall–Kier alpha value is -3.57. The Morgan fingerprint density at radius 3 is 2.34 bits per heavy atom. The van der Waals surface area contributed by atoms with Crippen LogP contribution in [-0.4, -0.2) is 63.2 Å². The first-order chi connectivity index (χ1) is 21.0. The lowest BCUT2D eigenvalue weighted by molar-refractivity contribution is -0.141. The quantitative estimate of drug-likeness (QED) is 0.246. The van der Waals surface area contributed by atoms with Crippen molar-refractivity contribution < 1.29 is 27.5 Å². The summed E-state index contributed by atoms with van der Waals surface area (Å²) < 4.78 is 39.0. The molecule has 0 aromatic heterocycles. The molecule has 2 atom stereocenters. The molecule has 9 nitrogen and oxygen atoms in total. The van der Waals surface area contributed by atoms with Crippen molar-refractivity contribution in [1.82, 2.24) is 10.2 Å². The molecular weight excluding hydrogens is 646 g/mol. The first kappa shape index (κ1) is 33.3. The zero-order valence-corrected chi connectivity index (χ0v) is 27.8. The van der Waals surface area contributed by atoms with E-state index in [4.69, 9.17) is 9.47 Å². The number of nitrogens with zero attached hydrogens (tertiary/aromatic N) is 2. The molecular formula is C33H40BrN3O6S. The minimum atomic E-state index is -3.66. The molecule has 3 aromatic carbocycles. The van der Waals surface area contributed by atoms with Crippen LogP contribution in [0.4, 0.5) is 5.69 Å². The Bertz CT molecular complexity index is 1540. The molecule has 4 rings (SSSR count). The van der Waals surface area contributed by atoms with Gasteiger partial charge < -0.3 is 19.7 Å². The van der Waals surface area contributed by atoms with Crippen molar-refractivity contribution in [2.75, 3.05) is 30.3 Å². The summed E-state index contributed by atoms with van der Waals surface area (Å²) in [5.74, 6) is 0.586. The molecule has 0 aliphatic carbocycles. The molecule has 0 unspecified atom stereocenters. The first-order valence-corrected chi connectivity index (χ1v) is 17.4. The first-order valence-electron chi connectivity index (χ1n) is 14.8. The molecule has 1 aliphatic heterocycles. The van der Waals surface area contributed by atoms with Crippen molar-refractivity contribution in [1.29, 1.82) is 0 Å². The van der Waals surface area contributed by atoms with Gasteiger partial charge in [-0.1, -0.05) is 65.3 Å². The van der Waals surface area contributed by atoms with E-state index in [9.17, 15) is 18.0 Å². The molecule has 2 amide bonds. The van der Waals surface area contributed by atoms with Gasteiger partial charge in [-0.3, -0.25) is 13.9 Å². The average Bonchev–Trinajstić information content (AvgIpc) is 3.00. The zero-order valence-electron chi connectivity index (χ0n) is 25.4. The maximum absolute atomic E-state index is 14.0. The second-order valence-corrected chi connectivity index (χ2v) is 13.8. The number of hydrogen-bond donors (Lipinski definition) is 1. The van der Waals surface area contributed by atoms with Crippen LogP contribution in [0.3, 0.4) is 0 Å². The summed E-state index contributed by atoms with van der Waals surface area (Å²) in [6, 6.07) is 21.5. The number of carbonyl (C=O) groups is 2. The largest absolute Gasteiger partial charge is 0.486 e. The van der Waals surface area contributed by atoms with Gasteiger partial charge in [0.15, 0.2) is 11.5 Å². The fourth-order valence-electron chi connectivity index (χ4n) is 5.02. The van der Waals surface area contributed by atoms with Crippen LogP contribution >= 0.6 is 15.9 Å². The number of fused-ring (bicyclic) bond motifs is 1. The van der Waals surface area contributed by atoms with Crippen molar-refractivity contribution in [3.8, 4) is 11.5 Å². The number of amides is 2. The highest BCUT2D eigenvalue weighted by molar-refractivity contribution is 9.10. The number of nitrogens with one attached hydrogen (secondary N) is 1. The second-order valence-electron chi connectivity index (χ2n) is 10.9. The molecule has 0 spiro atoms. The molecule has 1 aliphatic rings. The van der Waals surface area contributed by atoms with Crippen molar-refractivity contribution >= 4 is 43.5 Å². The number of sulfonamides is 1. The molecule has 0 saturated heterocycles. The summed E-state index contributed by atoms with van der Waals surface area (Å²) in [4.78, 5) is 29.4. The summed E-state index contributed by atoms with van der Waals surface area (Å²) in [6.45, 7) is 5.05. The lowest BCUT2D eigenvalue weighted by Gasteiger charge is -2.33. The maximum Gasteiger partial charge on any atom is 0.243 e. The van der Waals surface area contributed by atoms with E-state index in [-0.39, 0.29) is 43.8 Å². The van der Waals surface area contributed by atoms with Gasteiger partial charge in [-0.25, -0.2) is 8.42 Å². The molecule has 0 radical (unpaired) electrons. The normalized spacial score (nSPS) is 13.9. The molecule has 11 heteroatoms. The van der Waals surface area contributed by atoms with E-state index in [1.165, 1.54) is 4.31 Å². The third-order valence-electron chi connectivity index (χ3n) is 7.48. The minimum absolute atomic E-state index is 0.0481. The summed E-state index contributed by atoms with van der Waals surface area (Å²) >= 11 is 3.51.